The predicted molar refractivity (Wildman–Crippen MR) is 64.1 cm³/mol. The molecule has 1 unspecified atom stereocenters. The standard InChI is InChI=1S/C8H17NO2.C4H10/c1-8(2,10)7-6-9(3)4-5-11-7;1-3-4-2/h7,10H,4-6H2,1-3H3;3-4H2,1-2H3. The summed E-state index contributed by atoms with van der Waals surface area (Å²) in [4.78, 5) is 2.17. The highest BCUT2D eigenvalue weighted by atomic mass is 16.5. The molecule has 3 nitrogen and oxygen atoms in total. The second-order valence-electron chi connectivity index (χ2n) is 4.78. The maximum Gasteiger partial charge on any atom is 0.0983 e. The zero-order valence-electron chi connectivity index (χ0n) is 10.9. The van der Waals surface area contributed by atoms with Crippen LogP contribution in [0.15, 0.2) is 0 Å². The van der Waals surface area contributed by atoms with Crippen LogP contribution in [-0.2, 0) is 4.74 Å². The highest BCUT2D eigenvalue weighted by Crippen LogP contribution is 2.16. The lowest BCUT2D eigenvalue weighted by molar-refractivity contribution is -0.123. The first-order valence-electron chi connectivity index (χ1n) is 5.94. The van der Waals surface area contributed by atoms with Crippen molar-refractivity contribution in [3.05, 3.63) is 0 Å². The molecule has 1 rings (SSSR count). The summed E-state index contributed by atoms with van der Waals surface area (Å²) in [6, 6.07) is 0. The topological polar surface area (TPSA) is 32.7 Å². The van der Waals surface area contributed by atoms with Gasteiger partial charge in [-0.25, -0.2) is 0 Å². The van der Waals surface area contributed by atoms with E-state index in [2.05, 4.69) is 18.7 Å². The Morgan fingerprint density at radius 2 is 1.87 bits per heavy atom. The highest BCUT2D eigenvalue weighted by Gasteiger charge is 2.30. The first-order chi connectivity index (χ1) is 6.91. The fourth-order valence-electron chi connectivity index (χ4n) is 1.21. The smallest absolute Gasteiger partial charge is 0.0983 e. The Labute approximate surface area is 94.4 Å². The zero-order chi connectivity index (χ0) is 11.9. The first kappa shape index (κ1) is 14.9. The molecular weight excluding hydrogens is 190 g/mol. The average molecular weight is 217 g/mol. The van der Waals surface area contributed by atoms with Crippen LogP contribution in [0.25, 0.3) is 0 Å². The molecule has 15 heavy (non-hydrogen) atoms. The molecule has 0 radical (unpaired) electrons. The van der Waals surface area contributed by atoms with Crippen LogP contribution in [0.2, 0.25) is 0 Å². The third-order valence-corrected chi connectivity index (χ3v) is 2.56. The second kappa shape index (κ2) is 7.20. The van der Waals surface area contributed by atoms with E-state index in [4.69, 9.17) is 4.74 Å². The molecule has 3 heteroatoms. The van der Waals surface area contributed by atoms with Crippen LogP contribution < -0.4 is 0 Å². The lowest BCUT2D eigenvalue weighted by Gasteiger charge is -2.36. The molecule has 1 atom stereocenters. The number of aliphatic hydroxyl groups is 1. The van der Waals surface area contributed by atoms with E-state index >= 15 is 0 Å². The van der Waals surface area contributed by atoms with E-state index in [1.165, 1.54) is 12.8 Å². The Kier molecular flexibility index (Phi) is 7.14. The molecule has 0 bridgehead atoms. The normalized spacial score (nSPS) is 23.2. The Balaban J connectivity index is 0.000000423. The number of hydrogen-bond donors (Lipinski definition) is 1. The number of unbranched alkanes of at least 4 members (excludes halogenated alkanes) is 1. The van der Waals surface area contributed by atoms with E-state index in [-0.39, 0.29) is 6.10 Å². The minimum absolute atomic E-state index is 0.0405. The lowest BCUT2D eigenvalue weighted by Crippen LogP contribution is -2.50. The molecule has 92 valence electrons. The lowest BCUT2D eigenvalue weighted by atomic mass is 10.0. The largest absolute Gasteiger partial charge is 0.388 e. The molecule has 0 aromatic rings. The van der Waals surface area contributed by atoms with E-state index in [1.807, 2.05) is 7.05 Å². The van der Waals surface area contributed by atoms with Crippen molar-refractivity contribution in [1.82, 2.24) is 4.90 Å². The van der Waals surface area contributed by atoms with Gasteiger partial charge >= 0.3 is 0 Å². The molecule has 0 amide bonds. The Hall–Kier alpha value is -0.120. The van der Waals surface area contributed by atoms with Gasteiger partial charge in [0.15, 0.2) is 0 Å². The van der Waals surface area contributed by atoms with Gasteiger partial charge in [-0.2, -0.15) is 0 Å². The summed E-state index contributed by atoms with van der Waals surface area (Å²) in [5, 5.41) is 9.61. The monoisotopic (exact) mass is 217 g/mol. The fraction of sp³-hybridized carbons (Fsp3) is 1.00. The van der Waals surface area contributed by atoms with E-state index in [9.17, 15) is 5.11 Å². The van der Waals surface area contributed by atoms with Crippen molar-refractivity contribution in [3.63, 3.8) is 0 Å². The summed E-state index contributed by atoms with van der Waals surface area (Å²) in [6.45, 7) is 10.5. The summed E-state index contributed by atoms with van der Waals surface area (Å²) in [5.74, 6) is 0. The van der Waals surface area contributed by atoms with Crippen molar-refractivity contribution >= 4 is 0 Å². The van der Waals surface area contributed by atoms with Crippen molar-refractivity contribution < 1.29 is 9.84 Å². The van der Waals surface area contributed by atoms with Crippen LogP contribution >= 0.6 is 0 Å². The third-order valence-electron chi connectivity index (χ3n) is 2.56. The Morgan fingerprint density at radius 1 is 1.33 bits per heavy atom. The number of rotatable bonds is 2. The van der Waals surface area contributed by atoms with Gasteiger partial charge in [0.25, 0.3) is 0 Å². The highest BCUT2D eigenvalue weighted by molar-refractivity contribution is 4.82. The summed E-state index contributed by atoms with van der Waals surface area (Å²) < 4.78 is 5.42. The number of hydrogen-bond acceptors (Lipinski definition) is 3. The van der Waals surface area contributed by atoms with Gasteiger partial charge in [-0.1, -0.05) is 26.7 Å². The molecular formula is C12H27NO2. The molecule has 1 N–H and O–H groups in total. The van der Waals surface area contributed by atoms with E-state index in [0.717, 1.165) is 19.7 Å². The zero-order valence-corrected chi connectivity index (χ0v) is 10.9. The van der Waals surface area contributed by atoms with E-state index in [0.29, 0.717) is 0 Å². The van der Waals surface area contributed by atoms with Crippen LogP contribution in [0.4, 0.5) is 0 Å². The summed E-state index contributed by atoms with van der Waals surface area (Å²) in [6.07, 6.45) is 2.60. The third kappa shape index (κ3) is 6.88. The van der Waals surface area contributed by atoms with Gasteiger partial charge in [0.1, 0.15) is 0 Å². The van der Waals surface area contributed by atoms with Gasteiger partial charge in [0.2, 0.25) is 0 Å². The van der Waals surface area contributed by atoms with Gasteiger partial charge in [-0.3, -0.25) is 0 Å². The molecule has 0 spiro atoms. The summed E-state index contributed by atoms with van der Waals surface area (Å²) in [7, 11) is 2.04. The summed E-state index contributed by atoms with van der Waals surface area (Å²) in [5.41, 5.74) is -0.714. The maximum atomic E-state index is 9.61. The minimum Gasteiger partial charge on any atom is -0.388 e. The Morgan fingerprint density at radius 3 is 2.13 bits per heavy atom. The number of ether oxygens (including phenoxy) is 1. The Bertz CT molecular complexity index is 152. The number of likely N-dealkylation sites (N-methyl/N-ethyl adjacent to an activating group) is 1. The quantitative estimate of drug-likeness (QED) is 0.767. The van der Waals surface area contributed by atoms with Crippen molar-refractivity contribution in [2.75, 3.05) is 26.7 Å². The average Bonchev–Trinajstić information content (AvgIpc) is 2.17. The van der Waals surface area contributed by atoms with E-state index in [1.54, 1.807) is 13.8 Å². The van der Waals surface area contributed by atoms with Crippen molar-refractivity contribution in [2.45, 2.75) is 52.2 Å². The van der Waals surface area contributed by atoms with Crippen LogP contribution in [0.1, 0.15) is 40.5 Å². The minimum atomic E-state index is -0.714. The molecule has 0 aromatic heterocycles. The summed E-state index contributed by atoms with van der Waals surface area (Å²) >= 11 is 0. The van der Waals surface area contributed by atoms with Gasteiger partial charge in [-0.05, 0) is 20.9 Å². The van der Waals surface area contributed by atoms with Gasteiger partial charge in [0.05, 0.1) is 18.3 Å². The van der Waals surface area contributed by atoms with Crippen molar-refractivity contribution in [2.24, 2.45) is 0 Å². The molecule has 1 heterocycles. The van der Waals surface area contributed by atoms with Crippen LogP contribution in [0.5, 0.6) is 0 Å². The molecule has 1 saturated heterocycles. The number of morpholine rings is 1. The molecule has 0 saturated carbocycles. The second-order valence-corrected chi connectivity index (χ2v) is 4.78. The van der Waals surface area contributed by atoms with Gasteiger partial charge in [-0.15, -0.1) is 0 Å². The first-order valence-corrected chi connectivity index (χ1v) is 5.94. The van der Waals surface area contributed by atoms with Crippen LogP contribution in [0.3, 0.4) is 0 Å². The SMILES string of the molecule is CCCC.CN1CCOC(C(C)(C)O)C1. The van der Waals surface area contributed by atoms with E-state index < -0.39 is 5.60 Å². The maximum absolute atomic E-state index is 9.61. The van der Waals surface area contributed by atoms with Gasteiger partial charge < -0.3 is 14.7 Å². The van der Waals surface area contributed by atoms with Crippen molar-refractivity contribution in [1.29, 1.82) is 0 Å². The predicted octanol–water partition coefficient (Wildman–Crippen LogP) is 1.89. The molecule has 1 fully saturated rings. The molecule has 1 aliphatic rings. The van der Waals surface area contributed by atoms with Crippen molar-refractivity contribution in [3.8, 4) is 0 Å². The van der Waals surface area contributed by atoms with Gasteiger partial charge in [0, 0.05) is 13.1 Å². The molecule has 0 aliphatic carbocycles. The van der Waals surface area contributed by atoms with Crippen LogP contribution in [-0.4, -0.2) is 48.5 Å². The molecule has 1 aliphatic heterocycles. The molecule has 0 aromatic carbocycles. The number of nitrogens with zero attached hydrogens (tertiary/aromatic N) is 1. The fourth-order valence-corrected chi connectivity index (χ4v) is 1.21. The van der Waals surface area contributed by atoms with Crippen LogP contribution in [0, 0.1) is 0 Å².